The minimum absolute atomic E-state index is 0.0926. The number of benzene rings is 2. The number of amides is 1. The number of rotatable bonds is 8. The topological polar surface area (TPSA) is 77.9 Å². The van der Waals surface area contributed by atoms with E-state index in [2.05, 4.69) is 28.8 Å². The number of likely N-dealkylation sites (tertiary alicyclic amines) is 1. The number of aliphatic hydroxyl groups excluding tert-OH is 1. The lowest BCUT2D eigenvalue weighted by Gasteiger charge is -2.29. The second kappa shape index (κ2) is 11.4. The molecule has 0 saturated carbocycles. The minimum atomic E-state index is -0.242. The third-order valence-corrected chi connectivity index (χ3v) is 6.54. The van der Waals surface area contributed by atoms with Crippen molar-refractivity contribution < 1.29 is 14.6 Å². The number of hydrogen-bond donors (Lipinski definition) is 2. The van der Waals surface area contributed by atoms with Crippen molar-refractivity contribution in [2.75, 3.05) is 46.2 Å². The van der Waals surface area contributed by atoms with E-state index in [-0.39, 0.29) is 18.6 Å². The summed E-state index contributed by atoms with van der Waals surface area (Å²) in [5.41, 5.74) is 3.08. The Morgan fingerprint density at radius 3 is 2.64 bits per heavy atom. The molecule has 3 aromatic rings. The van der Waals surface area contributed by atoms with Gasteiger partial charge in [-0.15, -0.1) is 0 Å². The number of piperidine rings is 1. The summed E-state index contributed by atoms with van der Waals surface area (Å²) < 4.78 is 6.14. The molecule has 1 aliphatic rings. The lowest BCUT2D eigenvalue weighted by atomic mass is 10.00. The quantitative estimate of drug-likeness (QED) is 0.459. The highest BCUT2D eigenvalue weighted by Gasteiger charge is 2.18. The predicted octanol–water partition coefficient (Wildman–Crippen LogP) is 4.41. The van der Waals surface area contributed by atoms with Gasteiger partial charge in [0.1, 0.15) is 17.7 Å². The van der Waals surface area contributed by atoms with Gasteiger partial charge in [-0.2, -0.15) is 0 Å². The maximum Gasteiger partial charge on any atom is 0.256 e. The molecule has 1 saturated heterocycles. The van der Waals surface area contributed by atoms with Crippen LogP contribution in [0.15, 0.2) is 73.1 Å². The summed E-state index contributed by atoms with van der Waals surface area (Å²) in [5, 5.41) is 14.6. The fourth-order valence-corrected chi connectivity index (χ4v) is 4.44. The Kier molecular flexibility index (Phi) is 8.03. The molecule has 4 rings (SSSR count). The predicted molar refractivity (Wildman–Crippen MR) is 145 cm³/mol. The Balaban J connectivity index is 1.53. The molecule has 7 nitrogen and oxygen atoms in total. The molecule has 1 aromatic heterocycles. The summed E-state index contributed by atoms with van der Waals surface area (Å²) in [6.07, 6.45) is 5.62. The number of ether oxygens (including phenoxy) is 1. The van der Waals surface area contributed by atoms with Gasteiger partial charge < -0.3 is 25.0 Å². The van der Waals surface area contributed by atoms with E-state index in [0.717, 1.165) is 53.5 Å². The van der Waals surface area contributed by atoms with Crippen LogP contribution in [-0.2, 0) is 0 Å². The molecule has 7 heteroatoms. The summed E-state index contributed by atoms with van der Waals surface area (Å²) in [6, 6.07) is 15.1. The Bertz CT molecular complexity index is 1280. The first-order valence-electron chi connectivity index (χ1n) is 12.2. The van der Waals surface area contributed by atoms with Crippen LogP contribution in [0, 0.1) is 0 Å². The average Bonchev–Trinajstić information content (AvgIpc) is 2.88. The average molecular weight is 487 g/mol. The molecular formula is C29H34N4O3. The second-order valence-electron chi connectivity index (χ2n) is 9.35. The van der Waals surface area contributed by atoms with Crippen molar-refractivity contribution in [1.82, 2.24) is 14.8 Å². The molecule has 1 amide bonds. The van der Waals surface area contributed by atoms with Gasteiger partial charge in [0.25, 0.3) is 5.91 Å². The number of likely N-dealkylation sites (N-methyl/N-ethyl adjacent to an activating group) is 1. The van der Waals surface area contributed by atoms with Crippen molar-refractivity contribution in [2.24, 2.45) is 0 Å². The van der Waals surface area contributed by atoms with Gasteiger partial charge in [-0.05, 0) is 61.2 Å². The number of anilines is 1. The molecule has 0 radical (unpaired) electrons. The van der Waals surface area contributed by atoms with Crippen LogP contribution in [0.25, 0.3) is 16.3 Å². The number of aliphatic hydroxyl groups is 1. The van der Waals surface area contributed by atoms with Crippen LogP contribution in [-0.4, -0.2) is 72.7 Å². The molecule has 0 aliphatic carbocycles. The van der Waals surface area contributed by atoms with E-state index in [1.807, 2.05) is 55.4 Å². The molecule has 2 aromatic carbocycles. The molecule has 0 atom stereocenters. The lowest BCUT2D eigenvalue weighted by Crippen LogP contribution is -2.35. The number of aromatic nitrogens is 1. The molecule has 0 unspecified atom stereocenters. The zero-order valence-electron chi connectivity index (χ0n) is 21.2. The first kappa shape index (κ1) is 25.4. The van der Waals surface area contributed by atoms with Crippen LogP contribution in [0.1, 0.15) is 28.8 Å². The Hall–Kier alpha value is -3.68. The van der Waals surface area contributed by atoms with Gasteiger partial charge in [0.2, 0.25) is 0 Å². The SMILES string of the molecule is C=C/C(=C(/CO)N(C)C)c1ccc2cnc(NC(=O)c3cccc(OC4CCN(C)CC4)c3)cc2c1. The van der Waals surface area contributed by atoms with Crippen LogP contribution in [0.4, 0.5) is 5.82 Å². The maximum atomic E-state index is 13.0. The van der Waals surface area contributed by atoms with Gasteiger partial charge in [0.05, 0.1) is 6.61 Å². The van der Waals surface area contributed by atoms with Crippen LogP contribution < -0.4 is 10.1 Å². The fourth-order valence-electron chi connectivity index (χ4n) is 4.44. The van der Waals surface area contributed by atoms with E-state index >= 15 is 0 Å². The smallest absolute Gasteiger partial charge is 0.256 e. The zero-order valence-corrected chi connectivity index (χ0v) is 21.2. The van der Waals surface area contributed by atoms with Crippen molar-refractivity contribution in [3.8, 4) is 5.75 Å². The molecule has 36 heavy (non-hydrogen) atoms. The number of pyridine rings is 1. The first-order chi connectivity index (χ1) is 17.4. The second-order valence-corrected chi connectivity index (χ2v) is 9.35. The molecular weight excluding hydrogens is 452 g/mol. The van der Waals surface area contributed by atoms with Gasteiger partial charge in [-0.3, -0.25) is 4.79 Å². The summed E-state index contributed by atoms with van der Waals surface area (Å²) in [5.74, 6) is 0.928. The summed E-state index contributed by atoms with van der Waals surface area (Å²) >= 11 is 0. The summed E-state index contributed by atoms with van der Waals surface area (Å²) in [7, 11) is 5.90. The first-order valence-corrected chi connectivity index (χ1v) is 12.2. The van der Waals surface area contributed by atoms with Crippen LogP contribution in [0.5, 0.6) is 5.75 Å². The van der Waals surface area contributed by atoms with E-state index in [4.69, 9.17) is 4.74 Å². The number of hydrogen-bond acceptors (Lipinski definition) is 6. The Morgan fingerprint density at radius 2 is 1.94 bits per heavy atom. The Morgan fingerprint density at radius 1 is 1.17 bits per heavy atom. The van der Waals surface area contributed by atoms with Crippen molar-refractivity contribution in [3.63, 3.8) is 0 Å². The minimum Gasteiger partial charge on any atom is -0.490 e. The largest absolute Gasteiger partial charge is 0.490 e. The molecule has 1 fully saturated rings. The van der Waals surface area contributed by atoms with Crippen molar-refractivity contribution in [3.05, 3.63) is 84.2 Å². The Labute approximate surface area is 212 Å². The molecule has 2 heterocycles. The van der Waals surface area contributed by atoms with Gasteiger partial charge in [0.15, 0.2) is 0 Å². The van der Waals surface area contributed by atoms with E-state index in [1.54, 1.807) is 24.4 Å². The fraction of sp³-hybridized carbons (Fsp3) is 0.310. The number of fused-ring (bicyclic) bond motifs is 1. The molecule has 0 spiro atoms. The van der Waals surface area contributed by atoms with Crippen molar-refractivity contribution in [2.45, 2.75) is 18.9 Å². The number of nitrogens with zero attached hydrogens (tertiary/aromatic N) is 3. The van der Waals surface area contributed by atoms with Gasteiger partial charge in [-0.25, -0.2) is 4.98 Å². The highest BCUT2D eigenvalue weighted by atomic mass is 16.5. The van der Waals surface area contributed by atoms with E-state index in [0.29, 0.717) is 17.1 Å². The van der Waals surface area contributed by atoms with Crippen molar-refractivity contribution >= 4 is 28.1 Å². The third-order valence-electron chi connectivity index (χ3n) is 6.54. The highest BCUT2D eigenvalue weighted by Crippen LogP contribution is 2.27. The van der Waals surface area contributed by atoms with E-state index in [9.17, 15) is 9.90 Å². The number of carbonyl (C=O) groups excluding carboxylic acids is 1. The van der Waals surface area contributed by atoms with Gasteiger partial charge in [-0.1, -0.05) is 30.9 Å². The summed E-state index contributed by atoms with van der Waals surface area (Å²) in [6.45, 7) is 5.87. The standard InChI is InChI=1S/C29H34N4O3/c1-5-26(27(19-34)32(2)3)20-9-10-22-18-30-28(17-23(22)15-20)31-29(35)21-7-6-8-25(16-21)36-24-11-13-33(4)14-12-24/h5-10,15-18,24,34H,1,11-14,19H2,2-4H3,(H,30,31,35)/b27-26+. The molecule has 0 bridgehead atoms. The molecule has 188 valence electrons. The number of allylic oxidation sites excluding steroid dienone is 2. The molecule has 1 aliphatic heterocycles. The summed E-state index contributed by atoms with van der Waals surface area (Å²) in [4.78, 5) is 21.6. The van der Waals surface area contributed by atoms with Crippen LogP contribution >= 0.6 is 0 Å². The third kappa shape index (κ3) is 5.93. The maximum absolute atomic E-state index is 13.0. The van der Waals surface area contributed by atoms with Crippen LogP contribution in [0.3, 0.4) is 0 Å². The number of nitrogens with one attached hydrogen (secondary N) is 1. The van der Waals surface area contributed by atoms with Gasteiger partial charge >= 0.3 is 0 Å². The highest BCUT2D eigenvalue weighted by molar-refractivity contribution is 6.04. The monoisotopic (exact) mass is 486 g/mol. The zero-order chi connectivity index (χ0) is 25.7. The van der Waals surface area contributed by atoms with E-state index < -0.39 is 0 Å². The van der Waals surface area contributed by atoms with Gasteiger partial charge in [0, 0.05) is 55.6 Å². The normalized spacial score (nSPS) is 15.3. The van der Waals surface area contributed by atoms with Crippen molar-refractivity contribution in [1.29, 1.82) is 0 Å². The van der Waals surface area contributed by atoms with E-state index in [1.165, 1.54) is 0 Å². The number of carbonyl (C=O) groups is 1. The lowest BCUT2D eigenvalue weighted by molar-refractivity contribution is 0.102. The van der Waals surface area contributed by atoms with Crippen LogP contribution in [0.2, 0.25) is 0 Å². The molecule has 2 N–H and O–H groups in total.